The minimum absolute atomic E-state index is 0.302. The number of carbonyl (C=O) groups is 1. The van der Waals surface area contributed by atoms with Crippen LogP contribution in [0.5, 0.6) is 0 Å². The topological polar surface area (TPSA) is 90.7 Å². The first-order chi connectivity index (χ1) is 10.4. The number of aliphatic imine (C=N–C) groups is 1. The van der Waals surface area contributed by atoms with Crippen LogP contribution in [0.3, 0.4) is 0 Å². The second-order valence-corrected chi connectivity index (χ2v) is 4.14. The molecular formula is C17H29N3O2. The molecule has 0 saturated heterocycles. The lowest BCUT2D eigenvalue weighted by Crippen LogP contribution is -2.09. The van der Waals surface area contributed by atoms with E-state index < -0.39 is 5.97 Å². The summed E-state index contributed by atoms with van der Waals surface area (Å²) in [5.74, 6) is -0.423. The van der Waals surface area contributed by atoms with Crippen LogP contribution in [0.4, 0.5) is 11.4 Å². The van der Waals surface area contributed by atoms with E-state index >= 15 is 0 Å². The number of rotatable bonds is 4. The summed E-state index contributed by atoms with van der Waals surface area (Å²) < 4.78 is 5.08. The number of benzene rings is 1. The summed E-state index contributed by atoms with van der Waals surface area (Å²) >= 11 is 0. The van der Waals surface area contributed by atoms with Gasteiger partial charge in [0.1, 0.15) is 0 Å². The number of anilines is 2. The first kappa shape index (κ1) is 22.0. The van der Waals surface area contributed by atoms with Gasteiger partial charge >= 0.3 is 5.97 Å². The highest BCUT2D eigenvalue weighted by Crippen LogP contribution is 2.14. The Morgan fingerprint density at radius 2 is 1.73 bits per heavy atom. The number of hydrogen-bond donors (Lipinski definition) is 2. The minimum atomic E-state index is -0.423. The highest BCUT2D eigenvalue weighted by atomic mass is 16.5. The fourth-order valence-electron chi connectivity index (χ4n) is 1.28. The molecule has 0 radical (unpaired) electrons. The van der Waals surface area contributed by atoms with Crippen LogP contribution in [0, 0.1) is 0 Å². The average molecular weight is 307 g/mol. The van der Waals surface area contributed by atoms with Crippen LogP contribution in [-0.2, 0) is 4.74 Å². The number of ether oxygens (including phenoxy) is 1. The van der Waals surface area contributed by atoms with Crippen molar-refractivity contribution in [2.45, 2.75) is 34.1 Å². The quantitative estimate of drug-likeness (QED) is 0.384. The molecule has 22 heavy (non-hydrogen) atoms. The van der Waals surface area contributed by atoms with Gasteiger partial charge in [-0.1, -0.05) is 19.9 Å². The molecule has 0 spiro atoms. The van der Waals surface area contributed by atoms with Crippen molar-refractivity contribution in [2.75, 3.05) is 25.1 Å². The molecule has 0 aliphatic rings. The fraction of sp³-hybridized carbons (Fsp3) is 0.412. The maximum absolute atomic E-state index is 11.6. The Kier molecular flexibility index (Phi) is 13.7. The summed E-state index contributed by atoms with van der Waals surface area (Å²) in [4.78, 5) is 15.6. The van der Waals surface area contributed by atoms with Gasteiger partial charge in [0.2, 0.25) is 0 Å². The minimum Gasteiger partial charge on any atom is -0.462 e. The van der Waals surface area contributed by atoms with Crippen LogP contribution in [0.1, 0.15) is 44.5 Å². The third kappa shape index (κ3) is 10.5. The third-order valence-electron chi connectivity index (χ3n) is 2.29. The van der Waals surface area contributed by atoms with Gasteiger partial charge in [0, 0.05) is 30.6 Å². The molecule has 0 amide bonds. The van der Waals surface area contributed by atoms with Crippen LogP contribution in [0.25, 0.3) is 0 Å². The summed E-state index contributed by atoms with van der Waals surface area (Å²) in [6.45, 7) is 11.4. The number of nitrogen functional groups attached to an aromatic ring is 2. The van der Waals surface area contributed by atoms with E-state index in [1.54, 1.807) is 31.3 Å². The van der Waals surface area contributed by atoms with Crippen LogP contribution >= 0.6 is 0 Å². The monoisotopic (exact) mass is 307 g/mol. The molecule has 0 aliphatic carbocycles. The average Bonchev–Trinajstić information content (AvgIpc) is 2.48. The van der Waals surface area contributed by atoms with E-state index in [0.29, 0.717) is 30.0 Å². The zero-order chi connectivity index (χ0) is 17.5. The summed E-state index contributed by atoms with van der Waals surface area (Å²) in [5, 5.41) is 0. The zero-order valence-electron chi connectivity index (χ0n) is 14.3. The van der Waals surface area contributed by atoms with Gasteiger partial charge in [-0.2, -0.15) is 0 Å². The van der Waals surface area contributed by atoms with E-state index in [0.717, 1.165) is 5.71 Å². The van der Waals surface area contributed by atoms with Crippen LogP contribution in [0.15, 0.2) is 35.8 Å². The summed E-state index contributed by atoms with van der Waals surface area (Å²) in [5.41, 5.74) is 13.4. The number of carbonyl (C=O) groups excluding carboxylic acids is 1. The molecule has 0 saturated carbocycles. The number of esters is 1. The Morgan fingerprint density at radius 3 is 2.14 bits per heavy atom. The molecule has 0 aromatic heterocycles. The summed E-state index contributed by atoms with van der Waals surface area (Å²) in [6.07, 6.45) is 2.38. The number of nitrogens with two attached hydrogens (primary N) is 2. The molecule has 0 atom stereocenters. The van der Waals surface area contributed by atoms with Gasteiger partial charge in [0.05, 0.1) is 12.2 Å². The van der Waals surface area contributed by atoms with Gasteiger partial charge in [0.15, 0.2) is 0 Å². The second kappa shape index (κ2) is 13.7. The molecule has 5 heteroatoms. The van der Waals surface area contributed by atoms with Gasteiger partial charge in [-0.05, 0) is 32.0 Å². The van der Waals surface area contributed by atoms with Crippen LogP contribution in [0.2, 0.25) is 0 Å². The molecule has 0 heterocycles. The predicted octanol–water partition coefficient (Wildman–Crippen LogP) is 3.71. The molecule has 0 fully saturated rings. The van der Waals surface area contributed by atoms with E-state index in [-0.39, 0.29) is 0 Å². The molecule has 124 valence electrons. The van der Waals surface area contributed by atoms with E-state index in [1.807, 2.05) is 27.7 Å². The van der Waals surface area contributed by atoms with E-state index in [2.05, 4.69) is 11.6 Å². The Hall–Kier alpha value is -2.30. The maximum Gasteiger partial charge on any atom is 0.338 e. The van der Waals surface area contributed by atoms with Gasteiger partial charge < -0.3 is 16.2 Å². The van der Waals surface area contributed by atoms with Crippen molar-refractivity contribution in [3.05, 3.63) is 36.4 Å². The van der Waals surface area contributed by atoms with Gasteiger partial charge in [-0.3, -0.25) is 4.99 Å². The lowest BCUT2D eigenvalue weighted by molar-refractivity contribution is 0.0516. The third-order valence-corrected chi connectivity index (χ3v) is 2.29. The van der Waals surface area contributed by atoms with E-state index in [9.17, 15) is 4.79 Å². The first-order valence-corrected chi connectivity index (χ1v) is 7.27. The highest BCUT2D eigenvalue weighted by molar-refractivity contribution is 5.92. The molecule has 0 aliphatic heterocycles. The molecule has 0 bridgehead atoms. The number of allylic oxidation sites excluding steroid dienone is 1. The maximum atomic E-state index is 11.6. The molecule has 1 aromatic carbocycles. The SMILES string of the molecule is C=CC.CC.CN=C(C)CCOC(=O)c1cc(N)cc(N)c1. The van der Waals surface area contributed by atoms with Crippen LogP contribution in [-0.4, -0.2) is 25.3 Å². The lowest BCUT2D eigenvalue weighted by atomic mass is 10.2. The molecule has 4 N–H and O–H groups in total. The standard InChI is InChI=1S/C12H17N3O2.C3H6.C2H6/c1-8(15-2)3-4-17-12(16)9-5-10(13)7-11(14)6-9;1-3-2;1-2/h5-7H,3-4,13-14H2,1-2H3;3H,1H2,2H3;1-2H3. The van der Waals surface area contributed by atoms with Gasteiger partial charge in [-0.15, -0.1) is 6.58 Å². The Morgan fingerprint density at radius 1 is 1.27 bits per heavy atom. The highest BCUT2D eigenvalue weighted by Gasteiger charge is 2.08. The van der Waals surface area contributed by atoms with Crippen molar-refractivity contribution in [3.8, 4) is 0 Å². The predicted molar refractivity (Wildman–Crippen MR) is 96.4 cm³/mol. The largest absolute Gasteiger partial charge is 0.462 e. The fourth-order valence-corrected chi connectivity index (χ4v) is 1.28. The van der Waals surface area contributed by atoms with Crippen LogP contribution < -0.4 is 11.5 Å². The summed E-state index contributed by atoms with van der Waals surface area (Å²) in [7, 11) is 1.70. The normalized spacial score (nSPS) is 9.59. The van der Waals surface area contributed by atoms with E-state index in [4.69, 9.17) is 16.2 Å². The number of hydrogen-bond acceptors (Lipinski definition) is 5. The zero-order valence-corrected chi connectivity index (χ0v) is 14.3. The Bertz CT molecular complexity index is 463. The molecular weight excluding hydrogens is 278 g/mol. The molecule has 1 aromatic rings. The van der Waals surface area contributed by atoms with Crippen molar-refractivity contribution < 1.29 is 9.53 Å². The smallest absolute Gasteiger partial charge is 0.338 e. The van der Waals surface area contributed by atoms with Crippen molar-refractivity contribution in [1.29, 1.82) is 0 Å². The summed E-state index contributed by atoms with van der Waals surface area (Å²) in [6, 6.07) is 4.67. The Balaban J connectivity index is 0. The Labute approximate surface area is 134 Å². The lowest BCUT2D eigenvalue weighted by Gasteiger charge is -2.06. The second-order valence-electron chi connectivity index (χ2n) is 4.14. The van der Waals surface area contributed by atoms with Gasteiger partial charge in [0.25, 0.3) is 0 Å². The molecule has 1 rings (SSSR count). The van der Waals surface area contributed by atoms with Crippen molar-refractivity contribution >= 4 is 23.1 Å². The van der Waals surface area contributed by atoms with Gasteiger partial charge in [-0.25, -0.2) is 4.79 Å². The molecule has 0 unspecified atom stereocenters. The molecule has 5 nitrogen and oxygen atoms in total. The van der Waals surface area contributed by atoms with Crippen molar-refractivity contribution in [2.24, 2.45) is 4.99 Å². The van der Waals surface area contributed by atoms with E-state index in [1.165, 1.54) is 0 Å². The van der Waals surface area contributed by atoms with Crippen molar-refractivity contribution in [3.63, 3.8) is 0 Å². The van der Waals surface area contributed by atoms with Crippen molar-refractivity contribution in [1.82, 2.24) is 0 Å². The number of nitrogens with zero attached hydrogens (tertiary/aromatic N) is 1. The first-order valence-electron chi connectivity index (χ1n) is 7.27.